The predicted octanol–water partition coefficient (Wildman–Crippen LogP) is 3.88. The number of hydrogen-bond donors (Lipinski definition) is 1. The third-order valence-electron chi connectivity index (χ3n) is 2.25. The number of thiocarbonyl (C=S) groups is 1. The van der Waals surface area contributed by atoms with Crippen LogP contribution in [0, 0.1) is 0 Å². The van der Waals surface area contributed by atoms with Crippen LogP contribution in [-0.4, -0.2) is 16.8 Å². The Morgan fingerprint density at radius 1 is 1.42 bits per heavy atom. The third-order valence-corrected chi connectivity index (χ3v) is 3.97. The number of rotatable bonds is 3. The molecule has 1 fully saturated rings. The van der Waals surface area contributed by atoms with E-state index in [-0.39, 0.29) is 5.91 Å². The summed E-state index contributed by atoms with van der Waals surface area (Å²) in [5.41, 5.74) is 0.723. The fraction of sp³-hybridized carbons (Fsp3) is 0.167. The Balaban J connectivity index is 2.35. The lowest BCUT2D eigenvalue weighted by Crippen LogP contribution is -2.17. The fourth-order valence-electron chi connectivity index (χ4n) is 1.52. The van der Waals surface area contributed by atoms with Crippen LogP contribution in [-0.2, 0) is 4.79 Å². The highest BCUT2D eigenvalue weighted by Gasteiger charge is 2.22. The van der Waals surface area contributed by atoms with Crippen LogP contribution >= 0.6 is 47.2 Å². The quantitative estimate of drug-likeness (QED) is 0.672. The molecule has 1 aliphatic heterocycles. The molecular weight excluding hydrogens is 325 g/mol. The summed E-state index contributed by atoms with van der Waals surface area (Å²) < 4.78 is 5.78. The van der Waals surface area contributed by atoms with Crippen molar-refractivity contribution in [3.63, 3.8) is 0 Å². The molecule has 0 atom stereocenters. The van der Waals surface area contributed by atoms with E-state index in [1.807, 2.05) is 6.92 Å². The van der Waals surface area contributed by atoms with Crippen LogP contribution < -0.4 is 10.1 Å². The number of halogens is 2. The van der Waals surface area contributed by atoms with E-state index < -0.39 is 0 Å². The van der Waals surface area contributed by atoms with Gasteiger partial charge in [-0.3, -0.25) is 4.79 Å². The van der Waals surface area contributed by atoms with Crippen molar-refractivity contribution >= 4 is 63.5 Å². The summed E-state index contributed by atoms with van der Waals surface area (Å²) in [6.07, 6.45) is 1.69. The maximum absolute atomic E-state index is 11.5. The van der Waals surface area contributed by atoms with Gasteiger partial charge in [0.2, 0.25) is 0 Å². The van der Waals surface area contributed by atoms with Crippen molar-refractivity contribution in [3.05, 3.63) is 32.6 Å². The van der Waals surface area contributed by atoms with Crippen LogP contribution in [0.3, 0.4) is 0 Å². The van der Waals surface area contributed by atoms with Gasteiger partial charge < -0.3 is 10.1 Å². The molecule has 0 aromatic heterocycles. The van der Waals surface area contributed by atoms with Crippen molar-refractivity contribution in [3.8, 4) is 5.75 Å². The Bertz CT molecular complexity index is 564. The second-order valence-corrected chi connectivity index (χ2v) is 6.13. The molecule has 1 saturated heterocycles. The Labute approximate surface area is 130 Å². The first-order valence-electron chi connectivity index (χ1n) is 5.38. The van der Waals surface area contributed by atoms with E-state index in [0.29, 0.717) is 31.6 Å². The van der Waals surface area contributed by atoms with Gasteiger partial charge in [-0.1, -0.05) is 47.2 Å². The van der Waals surface area contributed by atoms with Gasteiger partial charge in [0.25, 0.3) is 5.91 Å². The molecule has 7 heteroatoms. The van der Waals surface area contributed by atoms with Gasteiger partial charge in [-0.25, -0.2) is 0 Å². The summed E-state index contributed by atoms with van der Waals surface area (Å²) in [4.78, 5) is 12.1. The van der Waals surface area contributed by atoms with Crippen molar-refractivity contribution in [2.75, 3.05) is 6.61 Å². The Morgan fingerprint density at radius 2 is 2.05 bits per heavy atom. The van der Waals surface area contributed by atoms with Crippen molar-refractivity contribution < 1.29 is 9.53 Å². The van der Waals surface area contributed by atoms with Gasteiger partial charge in [0.05, 0.1) is 21.6 Å². The highest BCUT2D eigenvalue weighted by atomic mass is 35.5. The normalized spacial score (nSPS) is 16.9. The summed E-state index contributed by atoms with van der Waals surface area (Å²) >= 11 is 18.3. The molecule has 1 aliphatic rings. The molecule has 2 rings (SSSR count). The van der Waals surface area contributed by atoms with Gasteiger partial charge in [0.1, 0.15) is 4.32 Å². The summed E-state index contributed by atoms with van der Waals surface area (Å²) in [7, 11) is 0. The lowest BCUT2D eigenvalue weighted by molar-refractivity contribution is -0.115. The molecule has 0 bridgehead atoms. The molecule has 1 aromatic rings. The zero-order chi connectivity index (χ0) is 14.0. The maximum atomic E-state index is 11.5. The highest BCUT2D eigenvalue weighted by Crippen LogP contribution is 2.36. The lowest BCUT2D eigenvalue weighted by atomic mass is 10.2. The van der Waals surface area contributed by atoms with Gasteiger partial charge >= 0.3 is 0 Å². The van der Waals surface area contributed by atoms with Crippen molar-refractivity contribution in [2.45, 2.75) is 6.92 Å². The number of nitrogens with one attached hydrogen (secondary N) is 1. The molecule has 100 valence electrons. The van der Waals surface area contributed by atoms with E-state index in [9.17, 15) is 4.79 Å². The van der Waals surface area contributed by atoms with Gasteiger partial charge in [0.15, 0.2) is 5.75 Å². The van der Waals surface area contributed by atoms with E-state index in [1.165, 1.54) is 11.8 Å². The number of benzene rings is 1. The molecule has 1 heterocycles. The number of ether oxygens (including phenoxy) is 1. The van der Waals surface area contributed by atoms with Crippen LogP contribution in [0.4, 0.5) is 0 Å². The van der Waals surface area contributed by atoms with Crippen LogP contribution in [0.2, 0.25) is 10.0 Å². The molecule has 0 unspecified atom stereocenters. The monoisotopic (exact) mass is 333 g/mol. The first-order chi connectivity index (χ1) is 9.01. The van der Waals surface area contributed by atoms with Gasteiger partial charge in [0, 0.05) is 0 Å². The summed E-state index contributed by atoms with van der Waals surface area (Å²) in [5.74, 6) is 0.239. The van der Waals surface area contributed by atoms with Crippen molar-refractivity contribution in [2.24, 2.45) is 0 Å². The Morgan fingerprint density at radius 3 is 2.53 bits per heavy atom. The van der Waals surface area contributed by atoms with Crippen LogP contribution in [0.15, 0.2) is 17.0 Å². The molecule has 0 spiro atoms. The van der Waals surface area contributed by atoms with E-state index in [4.69, 9.17) is 40.2 Å². The van der Waals surface area contributed by atoms with Crippen molar-refractivity contribution in [1.82, 2.24) is 5.32 Å². The number of thioether (sulfide) groups is 1. The summed E-state index contributed by atoms with van der Waals surface area (Å²) in [6.45, 7) is 2.33. The van der Waals surface area contributed by atoms with Gasteiger partial charge in [-0.15, -0.1) is 0 Å². The molecule has 1 aromatic carbocycles. The second-order valence-electron chi connectivity index (χ2n) is 3.60. The number of carbonyl (C=O) groups excluding carboxylic acids is 1. The van der Waals surface area contributed by atoms with E-state index in [0.717, 1.165) is 5.56 Å². The Hall–Kier alpha value is -0.750. The van der Waals surface area contributed by atoms with Gasteiger partial charge in [-0.2, -0.15) is 0 Å². The number of carbonyl (C=O) groups is 1. The molecule has 1 amide bonds. The van der Waals surface area contributed by atoms with Crippen LogP contribution in [0.5, 0.6) is 5.75 Å². The predicted molar refractivity (Wildman–Crippen MR) is 83.9 cm³/mol. The molecule has 0 aliphatic carbocycles. The molecule has 0 saturated carbocycles. The summed E-state index contributed by atoms with van der Waals surface area (Å²) in [5, 5.41) is 3.36. The first-order valence-corrected chi connectivity index (χ1v) is 7.36. The average molecular weight is 334 g/mol. The lowest BCUT2D eigenvalue weighted by Gasteiger charge is -2.08. The first kappa shape index (κ1) is 14.7. The molecular formula is C12H9Cl2NO2S2. The smallest absolute Gasteiger partial charge is 0.263 e. The molecule has 1 N–H and O–H groups in total. The van der Waals surface area contributed by atoms with Gasteiger partial charge in [-0.05, 0) is 30.7 Å². The van der Waals surface area contributed by atoms with Crippen molar-refractivity contribution in [1.29, 1.82) is 0 Å². The van der Waals surface area contributed by atoms with E-state index in [2.05, 4.69) is 5.32 Å². The zero-order valence-corrected chi connectivity index (χ0v) is 13.0. The minimum absolute atomic E-state index is 0.212. The minimum atomic E-state index is -0.212. The SMILES string of the molecule is CCOc1c(Cl)cc(C=C2SC(=S)NC2=O)cc1Cl. The molecule has 19 heavy (non-hydrogen) atoms. The van der Waals surface area contributed by atoms with Crippen LogP contribution in [0.1, 0.15) is 12.5 Å². The summed E-state index contributed by atoms with van der Waals surface area (Å²) in [6, 6.07) is 3.39. The second kappa shape index (κ2) is 6.13. The van der Waals surface area contributed by atoms with E-state index >= 15 is 0 Å². The maximum Gasteiger partial charge on any atom is 0.263 e. The largest absolute Gasteiger partial charge is 0.491 e. The topological polar surface area (TPSA) is 38.3 Å². The zero-order valence-electron chi connectivity index (χ0n) is 9.83. The fourth-order valence-corrected chi connectivity index (χ4v) is 3.17. The Kier molecular flexibility index (Phi) is 4.73. The van der Waals surface area contributed by atoms with E-state index in [1.54, 1.807) is 18.2 Å². The molecule has 0 radical (unpaired) electrons. The third kappa shape index (κ3) is 3.42. The van der Waals surface area contributed by atoms with Crippen LogP contribution in [0.25, 0.3) is 6.08 Å². The average Bonchev–Trinajstić information content (AvgIpc) is 2.62. The number of hydrogen-bond acceptors (Lipinski definition) is 4. The number of amides is 1. The molecule has 3 nitrogen and oxygen atoms in total. The standard InChI is InChI=1S/C12H9Cl2NO2S2/c1-2-17-10-7(13)3-6(4-8(10)14)5-9-11(16)15-12(18)19-9/h3-5H,2H2,1H3,(H,15,16,18). The highest BCUT2D eigenvalue weighted by molar-refractivity contribution is 8.26. The minimum Gasteiger partial charge on any atom is -0.491 e.